The summed E-state index contributed by atoms with van der Waals surface area (Å²) < 4.78 is 9.97. The highest BCUT2D eigenvalue weighted by Gasteiger charge is 1.87. The van der Waals surface area contributed by atoms with E-state index < -0.39 is 0 Å². The molecule has 0 aromatic rings. The van der Waals surface area contributed by atoms with Crippen molar-refractivity contribution in [2.24, 2.45) is 0 Å². The highest BCUT2D eigenvalue weighted by atomic mass is 16.5. The predicted molar refractivity (Wildman–Crippen MR) is 49.8 cm³/mol. The molecule has 5 nitrogen and oxygen atoms in total. The summed E-state index contributed by atoms with van der Waals surface area (Å²) in [6, 6.07) is 0. The van der Waals surface area contributed by atoms with Crippen molar-refractivity contribution in [2.45, 2.75) is 0 Å². The van der Waals surface area contributed by atoms with Crippen molar-refractivity contribution in [1.29, 1.82) is 0 Å². The van der Waals surface area contributed by atoms with E-state index in [0.717, 1.165) is 19.9 Å². The Balaban J connectivity index is 0. The smallest absolute Gasteiger partial charge is 0.145 e. The summed E-state index contributed by atoms with van der Waals surface area (Å²) in [7, 11) is 2.87. The summed E-state index contributed by atoms with van der Waals surface area (Å²) in [5.74, 6) is 0. The molecule has 0 saturated heterocycles. The van der Waals surface area contributed by atoms with Gasteiger partial charge in [-0.3, -0.25) is 0 Å². The summed E-state index contributed by atoms with van der Waals surface area (Å²) in [4.78, 5) is 9.76. The minimum atomic E-state index is 0.162. The zero-order chi connectivity index (χ0) is 10.4. The molecule has 0 aliphatic carbocycles. The van der Waals surface area contributed by atoms with Gasteiger partial charge >= 0.3 is 0 Å². The molecule has 0 saturated carbocycles. The van der Waals surface area contributed by atoms with E-state index in [1.807, 2.05) is 7.05 Å². The SMILES string of the molecule is CNCCOCCOCC=O.CO. The van der Waals surface area contributed by atoms with Crippen LogP contribution >= 0.6 is 0 Å². The monoisotopic (exact) mass is 193 g/mol. The molecule has 0 aromatic carbocycles. The van der Waals surface area contributed by atoms with Gasteiger partial charge in [0.2, 0.25) is 0 Å². The van der Waals surface area contributed by atoms with E-state index in [2.05, 4.69) is 5.32 Å². The Bertz CT molecular complexity index is 90.2. The van der Waals surface area contributed by atoms with E-state index in [1.54, 1.807) is 0 Å². The summed E-state index contributed by atoms with van der Waals surface area (Å²) in [6.07, 6.45) is 0.730. The molecule has 2 N–H and O–H groups in total. The minimum Gasteiger partial charge on any atom is -0.400 e. The Morgan fingerprint density at radius 1 is 1.23 bits per heavy atom. The van der Waals surface area contributed by atoms with Crippen LogP contribution in [0, 0.1) is 0 Å². The Morgan fingerprint density at radius 2 is 1.85 bits per heavy atom. The van der Waals surface area contributed by atoms with Crippen molar-refractivity contribution in [3.05, 3.63) is 0 Å². The van der Waals surface area contributed by atoms with Gasteiger partial charge in [0.05, 0.1) is 19.8 Å². The topological polar surface area (TPSA) is 67.8 Å². The van der Waals surface area contributed by atoms with Crippen molar-refractivity contribution in [1.82, 2.24) is 5.32 Å². The van der Waals surface area contributed by atoms with Crippen LogP contribution in [-0.4, -0.2) is 58.5 Å². The molecular weight excluding hydrogens is 174 g/mol. The number of aliphatic hydroxyl groups is 1. The molecule has 0 aliphatic heterocycles. The highest BCUT2D eigenvalue weighted by Crippen LogP contribution is 1.75. The van der Waals surface area contributed by atoms with Gasteiger partial charge in [-0.2, -0.15) is 0 Å². The zero-order valence-electron chi connectivity index (χ0n) is 8.28. The van der Waals surface area contributed by atoms with Crippen molar-refractivity contribution in [2.75, 3.05) is 47.1 Å². The molecule has 0 radical (unpaired) electrons. The van der Waals surface area contributed by atoms with Crippen molar-refractivity contribution >= 4 is 6.29 Å². The third kappa shape index (κ3) is 18.5. The average molecular weight is 193 g/mol. The average Bonchev–Trinajstić information content (AvgIpc) is 2.20. The number of hydrogen-bond donors (Lipinski definition) is 2. The molecule has 0 amide bonds. The molecular formula is C8H19NO4. The second-order valence-electron chi connectivity index (χ2n) is 1.96. The van der Waals surface area contributed by atoms with Crippen LogP contribution in [0.3, 0.4) is 0 Å². The number of rotatable bonds is 8. The van der Waals surface area contributed by atoms with Gasteiger partial charge < -0.3 is 24.7 Å². The van der Waals surface area contributed by atoms with Crippen LogP contribution in [0.25, 0.3) is 0 Å². The summed E-state index contributed by atoms with van der Waals surface area (Å²) in [6.45, 7) is 2.72. The molecule has 0 spiro atoms. The number of carbonyl (C=O) groups is 1. The summed E-state index contributed by atoms with van der Waals surface area (Å²) in [5, 5.41) is 9.95. The van der Waals surface area contributed by atoms with Gasteiger partial charge in [-0.05, 0) is 7.05 Å². The van der Waals surface area contributed by atoms with Crippen molar-refractivity contribution in [3.63, 3.8) is 0 Å². The largest absolute Gasteiger partial charge is 0.400 e. The fraction of sp³-hybridized carbons (Fsp3) is 0.875. The fourth-order valence-corrected chi connectivity index (χ4v) is 0.526. The van der Waals surface area contributed by atoms with Gasteiger partial charge in [0, 0.05) is 13.7 Å². The third-order valence-electron chi connectivity index (χ3n) is 1.05. The van der Waals surface area contributed by atoms with Crippen LogP contribution in [-0.2, 0) is 14.3 Å². The standard InChI is InChI=1S/C7H15NO3.CH4O/c1-8-2-4-10-6-7-11-5-3-9;1-2/h3,8H,2,4-7H2,1H3;2H,1H3. The van der Waals surface area contributed by atoms with E-state index in [0.29, 0.717) is 19.8 Å². The van der Waals surface area contributed by atoms with Gasteiger partial charge in [-0.25, -0.2) is 0 Å². The molecule has 0 bridgehead atoms. The quantitative estimate of drug-likeness (QED) is 0.384. The summed E-state index contributed by atoms with van der Waals surface area (Å²) in [5.41, 5.74) is 0. The molecule has 0 aliphatic rings. The number of aldehydes is 1. The maximum absolute atomic E-state index is 9.76. The van der Waals surface area contributed by atoms with Gasteiger partial charge in [0.25, 0.3) is 0 Å². The second-order valence-corrected chi connectivity index (χ2v) is 1.96. The number of likely N-dealkylation sites (N-methyl/N-ethyl adjacent to an activating group) is 1. The van der Waals surface area contributed by atoms with E-state index in [4.69, 9.17) is 14.6 Å². The first-order valence-corrected chi connectivity index (χ1v) is 4.10. The number of aliphatic hydroxyl groups excluding tert-OH is 1. The van der Waals surface area contributed by atoms with Crippen LogP contribution < -0.4 is 5.32 Å². The van der Waals surface area contributed by atoms with Crippen molar-refractivity contribution < 1.29 is 19.4 Å². The molecule has 80 valence electrons. The van der Waals surface area contributed by atoms with E-state index in [1.165, 1.54) is 0 Å². The number of ether oxygens (including phenoxy) is 2. The minimum absolute atomic E-state index is 0.162. The van der Waals surface area contributed by atoms with Gasteiger partial charge in [0.1, 0.15) is 12.9 Å². The molecule has 5 heteroatoms. The van der Waals surface area contributed by atoms with Crippen LogP contribution in [0.4, 0.5) is 0 Å². The van der Waals surface area contributed by atoms with Gasteiger partial charge in [-0.15, -0.1) is 0 Å². The van der Waals surface area contributed by atoms with Gasteiger partial charge in [-0.1, -0.05) is 0 Å². The Kier molecular flexibility index (Phi) is 20.3. The third-order valence-corrected chi connectivity index (χ3v) is 1.05. The first-order valence-electron chi connectivity index (χ1n) is 4.10. The first kappa shape index (κ1) is 15.0. The Hall–Kier alpha value is -0.490. The molecule has 0 fully saturated rings. The lowest BCUT2D eigenvalue weighted by Crippen LogP contribution is -2.16. The molecule has 0 aromatic heterocycles. The van der Waals surface area contributed by atoms with E-state index >= 15 is 0 Å². The lowest BCUT2D eigenvalue weighted by Gasteiger charge is -2.02. The van der Waals surface area contributed by atoms with Crippen LogP contribution in [0.15, 0.2) is 0 Å². The Morgan fingerprint density at radius 3 is 2.38 bits per heavy atom. The first-order chi connectivity index (χ1) is 6.41. The molecule has 0 unspecified atom stereocenters. The van der Waals surface area contributed by atoms with Crippen LogP contribution in [0.5, 0.6) is 0 Å². The molecule has 0 heterocycles. The summed E-state index contributed by atoms with van der Waals surface area (Å²) >= 11 is 0. The predicted octanol–water partition coefficient (Wildman–Crippen LogP) is -0.954. The lowest BCUT2D eigenvalue weighted by molar-refractivity contribution is -0.112. The zero-order valence-corrected chi connectivity index (χ0v) is 8.28. The molecule has 0 atom stereocenters. The number of hydrogen-bond acceptors (Lipinski definition) is 5. The highest BCUT2D eigenvalue weighted by molar-refractivity contribution is 5.50. The maximum atomic E-state index is 9.76. The van der Waals surface area contributed by atoms with Crippen LogP contribution in [0.2, 0.25) is 0 Å². The number of carbonyl (C=O) groups excluding carboxylic acids is 1. The fourth-order valence-electron chi connectivity index (χ4n) is 0.526. The molecule has 13 heavy (non-hydrogen) atoms. The van der Waals surface area contributed by atoms with Crippen molar-refractivity contribution in [3.8, 4) is 0 Å². The second kappa shape index (κ2) is 17.6. The van der Waals surface area contributed by atoms with Gasteiger partial charge in [0.15, 0.2) is 0 Å². The van der Waals surface area contributed by atoms with E-state index in [-0.39, 0.29) is 6.61 Å². The maximum Gasteiger partial charge on any atom is 0.145 e. The van der Waals surface area contributed by atoms with E-state index in [9.17, 15) is 4.79 Å². The lowest BCUT2D eigenvalue weighted by atomic mass is 10.7. The van der Waals surface area contributed by atoms with Crippen LogP contribution in [0.1, 0.15) is 0 Å². The molecule has 0 rings (SSSR count). The normalized spacial score (nSPS) is 8.85. The Labute approximate surface area is 79.0 Å². The number of nitrogens with one attached hydrogen (secondary N) is 1.